The summed E-state index contributed by atoms with van der Waals surface area (Å²) in [5.41, 5.74) is 2.72. The normalized spacial score (nSPS) is 11.1. The second-order valence-electron chi connectivity index (χ2n) is 4.22. The Hall–Kier alpha value is -2.74. The zero-order valence-electron chi connectivity index (χ0n) is 11.8. The smallest absolute Gasteiger partial charge is 0.355 e. The Morgan fingerprint density at radius 1 is 1.29 bits per heavy atom. The molecule has 0 aliphatic heterocycles. The third kappa shape index (κ3) is 4.69. The first-order valence-electron chi connectivity index (χ1n) is 5.88. The van der Waals surface area contributed by atoms with Crippen LogP contribution in [0, 0.1) is 10.1 Å². The van der Waals surface area contributed by atoms with Crippen molar-refractivity contribution in [1.82, 2.24) is 10.4 Å². The van der Waals surface area contributed by atoms with Gasteiger partial charge in [0, 0.05) is 37.9 Å². The second-order valence-corrected chi connectivity index (χ2v) is 4.22. The molecule has 0 aliphatic carbocycles. The van der Waals surface area contributed by atoms with E-state index in [0.29, 0.717) is 0 Å². The Kier molecular flexibility index (Phi) is 5.56. The predicted octanol–water partition coefficient (Wildman–Crippen LogP) is 0.901. The number of nitrogens with one attached hydrogen (secondary N) is 1. The number of carbonyl (C=O) groups is 2. The number of esters is 1. The fourth-order valence-electron chi connectivity index (χ4n) is 1.45. The van der Waals surface area contributed by atoms with E-state index >= 15 is 0 Å². The molecular weight excluding hydrogens is 278 g/mol. The lowest BCUT2D eigenvalue weighted by Crippen LogP contribution is -2.34. The monoisotopic (exact) mass is 293 g/mol. The molecular formula is C13H15N3O5. The number of carbonyl (C=O) groups excluding carboxylic acids is 2. The standard InChI is InChI=1S/C13H15N3O5/c1-15(2)14-11(13(18)21-3)8-12(17)9-4-6-10(7-5-9)16(19)20/h4-8,14H,1-3H3/b11-8-. The number of nitrogens with zero attached hydrogens (tertiary/aromatic N) is 2. The first kappa shape index (κ1) is 16.3. The molecule has 0 heterocycles. The number of nitro groups is 1. The van der Waals surface area contributed by atoms with Crippen LogP contribution >= 0.6 is 0 Å². The first-order chi connectivity index (χ1) is 9.85. The summed E-state index contributed by atoms with van der Waals surface area (Å²) >= 11 is 0. The van der Waals surface area contributed by atoms with Crippen molar-refractivity contribution in [3.8, 4) is 0 Å². The number of methoxy groups -OCH3 is 1. The van der Waals surface area contributed by atoms with Crippen molar-refractivity contribution >= 4 is 17.4 Å². The predicted molar refractivity (Wildman–Crippen MR) is 74.3 cm³/mol. The van der Waals surface area contributed by atoms with Gasteiger partial charge in [0.15, 0.2) is 5.78 Å². The lowest BCUT2D eigenvalue weighted by Gasteiger charge is -2.14. The Balaban J connectivity index is 3.01. The number of benzene rings is 1. The van der Waals surface area contributed by atoms with E-state index in [1.165, 1.54) is 36.4 Å². The molecule has 8 heteroatoms. The molecule has 0 fully saturated rings. The molecule has 1 aromatic rings. The minimum atomic E-state index is -0.695. The highest BCUT2D eigenvalue weighted by Gasteiger charge is 2.14. The van der Waals surface area contributed by atoms with Gasteiger partial charge >= 0.3 is 5.97 Å². The van der Waals surface area contributed by atoms with E-state index in [0.717, 1.165) is 6.08 Å². The zero-order chi connectivity index (χ0) is 16.0. The van der Waals surface area contributed by atoms with E-state index in [9.17, 15) is 19.7 Å². The van der Waals surface area contributed by atoms with Gasteiger partial charge in [0.25, 0.3) is 5.69 Å². The average molecular weight is 293 g/mol. The van der Waals surface area contributed by atoms with Crippen molar-refractivity contribution in [3.05, 3.63) is 51.7 Å². The number of allylic oxidation sites excluding steroid dienone is 1. The lowest BCUT2D eigenvalue weighted by atomic mass is 10.1. The summed E-state index contributed by atoms with van der Waals surface area (Å²) in [4.78, 5) is 33.5. The van der Waals surface area contributed by atoms with Crippen LogP contribution in [0.2, 0.25) is 0 Å². The molecule has 0 bridgehead atoms. The second kappa shape index (κ2) is 7.15. The van der Waals surface area contributed by atoms with E-state index in [2.05, 4.69) is 10.2 Å². The van der Waals surface area contributed by atoms with Crippen LogP contribution in [0.3, 0.4) is 0 Å². The van der Waals surface area contributed by atoms with Crippen LogP contribution in [0.1, 0.15) is 10.4 Å². The number of rotatable bonds is 6. The van der Waals surface area contributed by atoms with Crippen molar-refractivity contribution < 1.29 is 19.2 Å². The Morgan fingerprint density at radius 2 is 1.86 bits per heavy atom. The number of hydrogen-bond donors (Lipinski definition) is 1. The number of hydrazine groups is 1. The van der Waals surface area contributed by atoms with Crippen molar-refractivity contribution in [2.75, 3.05) is 21.2 Å². The number of non-ortho nitro benzene ring substituents is 1. The molecule has 112 valence electrons. The minimum absolute atomic E-state index is 0.0362. The maximum atomic E-state index is 12.0. The SMILES string of the molecule is COC(=O)/C(=C/C(=O)c1ccc([N+](=O)[O-])cc1)NN(C)C. The molecule has 0 saturated carbocycles. The van der Waals surface area contributed by atoms with Crippen LogP contribution in [-0.4, -0.2) is 42.9 Å². The molecule has 0 spiro atoms. The summed E-state index contributed by atoms with van der Waals surface area (Å²) in [6.07, 6.45) is 1.08. The van der Waals surface area contributed by atoms with Gasteiger partial charge < -0.3 is 10.2 Å². The molecule has 0 aliphatic rings. The summed E-state index contributed by atoms with van der Waals surface area (Å²) in [7, 11) is 4.49. The molecule has 0 atom stereocenters. The summed E-state index contributed by atoms with van der Waals surface area (Å²) in [5.74, 6) is -1.17. The third-order valence-corrected chi connectivity index (χ3v) is 2.39. The highest BCUT2D eigenvalue weighted by Crippen LogP contribution is 2.13. The van der Waals surface area contributed by atoms with E-state index in [1.807, 2.05) is 0 Å². The third-order valence-electron chi connectivity index (χ3n) is 2.39. The van der Waals surface area contributed by atoms with E-state index in [4.69, 9.17) is 0 Å². The average Bonchev–Trinajstić information content (AvgIpc) is 2.45. The largest absolute Gasteiger partial charge is 0.464 e. The van der Waals surface area contributed by atoms with Crippen LogP contribution in [0.4, 0.5) is 5.69 Å². The minimum Gasteiger partial charge on any atom is -0.464 e. The van der Waals surface area contributed by atoms with Gasteiger partial charge in [0.1, 0.15) is 5.70 Å². The summed E-state index contributed by atoms with van der Waals surface area (Å²) < 4.78 is 4.56. The Morgan fingerprint density at radius 3 is 2.29 bits per heavy atom. The fourth-order valence-corrected chi connectivity index (χ4v) is 1.45. The molecule has 0 saturated heterocycles. The van der Waals surface area contributed by atoms with Crippen molar-refractivity contribution in [3.63, 3.8) is 0 Å². The molecule has 21 heavy (non-hydrogen) atoms. The number of hydrogen-bond acceptors (Lipinski definition) is 7. The molecule has 1 rings (SSSR count). The molecule has 1 aromatic carbocycles. The topological polar surface area (TPSA) is 102 Å². The van der Waals surface area contributed by atoms with Gasteiger partial charge in [-0.15, -0.1) is 0 Å². The highest BCUT2D eigenvalue weighted by atomic mass is 16.6. The Bertz CT molecular complexity index is 578. The number of ether oxygens (including phenoxy) is 1. The summed E-state index contributed by atoms with van der Waals surface area (Å²) in [6.45, 7) is 0. The number of nitro benzene ring substituents is 1. The van der Waals surface area contributed by atoms with Gasteiger partial charge in [-0.3, -0.25) is 14.9 Å². The van der Waals surface area contributed by atoms with Gasteiger partial charge in [-0.1, -0.05) is 0 Å². The van der Waals surface area contributed by atoms with E-state index < -0.39 is 16.7 Å². The quantitative estimate of drug-likeness (QED) is 0.273. The van der Waals surface area contributed by atoms with Gasteiger partial charge in [-0.05, 0) is 12.1 Å². The molecule has 0 amide bonds. The molecule has 0 aromatic heterocycles. The first-order valence-corrected chi connectivity index (χ1v) is 5.88. The fraction of sp³-hybridized carbons (Fsp3) is 0.231. The summed E-state index contributed by atoms with van der Waals surface area (Å²) in [5, 5.41) is 12.0. The molecule has 0 unspecified atom stereocenters. The van der Waals surface area contributed by atoms with Crippen LogP contribution in [0.25, 0.3) is 0 Å². The van der Waals surface area contributed by atoms with Crippen molar-refractivity contribution in [2.45, 2.75) is 0 Å². The van der Waals surface area contributed by atoms with Crippen LogP contribution in [0.5, 0.6) is 0 Å². The number of ketones is 1. The molecule has 1 N–H and O–H groups in total. The van der Waals surface area contributed by atoms with Crippen molar-refractivity contribution in [2.24, 2.45) is 0 Å². The maximum Gasteiger partial charge on any atom is 0.355 e. The van der Waals surface area contributed by atoms with E-state index in [-0.39, 0.29) is 16.9 Å². The molecule has 0 radical (unpaired) electrons. The maximum absolute atomic E-state index is 12.0. The lowest BCUT2D eigenvalue weighted by molar-refractivity contribution is -0.384. The van der Waals surface area contributed by atoms with Crippen LogP contribution < -0.4 is 5.43 Å². The zero-order valence-corrected chi connectivity index (χ0v) is 11.8. The van der Waals surface area contributed by atoms with Gasteiger partial charge in [0.05, 0.1) is 12.0 Å². The van der Waals surface area contributed by atoms with Gasteiger partial charge in [-0.2, -0.15) is 0 Å². The van der Waals surface area contributed by atoms with Crippen LogP contribution in [-0.2, 0) is 9.53 Å². The van der Waals surface area contributed by atoms with E-state index in [1.54, 1.807) is 14.1 Å². The summed E-state index contributed by atoms with van der Waals surface area (Å²) in [6, 6.07) is 5.08. The van der Waals surface area contributed by atoms with Gasteiger partial charge in [-0.25, -0.2) is 9.80 Å². The molecule has 8 nitrogen and oxygen atoms in total. The highest BCUT2D eigenvalue weighted by molar-refractivity contribution is 6.08. The van der Waals surface area contributed by atoms with Gasteiger partial charge in [0.2, 0.25) is 0 Å². The van der Waals surface area contributed by atoms with Crippen molar-refractivity contribution in [1.29, 1.82) is 0 Å². The Labute approximate surface area is 121 Å². The van der Waals surface area contributed by atoms with Crippen LogP contribution in [0.15, 0.2) is 36.0 Å².